The number of nitrogens with one attached hydrogen (secondary N) is 2. The highest BCUT2D eigenvalue weighted by Crippen LogP contribution is 2.43. The van der Waals surface area contributed by atoms with E-state index in [-0.39, 0.29) is 46.6 Å². The number of hydrogen-bond acceptors (Lipinski definition) is 8. The van der Waals surface area contributed by atoms with E-state index in [4.69, 9.17) is 14.2 Å². The van der Waals surface area contributed by atoms with Crippen molar-refractivity contribution in [1.82, 2.24) is 10.6 Å². The second-order valence-corrected chi connectivity index (χ2v) is 10.8. The number of amides is 2. The fourth-order valence-electron chi connectivity index (χ4n) is 5.25. The zero-order chi connectivity index (χ0) is 32.6. The molecule has 4 aromatic carbocycles. The first-order valence-electron chi connectivity index (χ1n) is 14.8. The van der Waals surface area contributed by atoms with Crippen molar-refractivity contribution in [3.8, 4) is 34.5 Å². The molecular formula is C36H36N2O8. The Bertz CT molecular complexity index is 1720. The Morgan fingerprint density at radius 1 is 0.761 bits per heavy atom. The summed E-state index contributed by atoms with van der Waals surface area (Å²) in [6, 6.07) is 22.5. The molecular weight excluding hydrogens is 588 g/mol. The van der Waals surface area contributed by atoms with Gasteiger partial charge in [-0.05, 0) is 89.7 Å². The molecule has 0 spiro atoms. The van der Waals surface area contributed by atoms with Crippen LogP contribution in [-0.4, -0.2) is 54.4 Å². The van der Waals surface area contributed by atoms with Gasteiger partial charge in [-0.2, -0.15) is 0 Å². The van der Waals surface area contributed by atoms with Crippen LogP contribution in [-0.2, 0) is 22.4 Å². The third kappa shape index (κ3) is 7.59. The molecule has 3 aliphatic heterocycles. The lowest BCUT2D eigenvalue weighted by atomic mass is 9.86. The lowest BCUT2D eigenvalue weighted by Crippen LogP contribution is -2.34. The SMILES string of the molecule is COc1cc(C(O)C2C(=O)NCCc3ccc(cc3)Oc3ccc(cc3)CCNC(=O)/C=C\c3cc(OC)c(O)c2c3)ccc1O. The number of hydrogen-bond donors (Lipinski definition) is 5. The van der Waals surface area contributed by atoms with Crippen molar-refractivity contribution in [2.75, 3.05) is 27.3 Å². The molecule has 0 saturated heterocycles. The number of carbonyl (C=O) groups is 2. The summed E-state index contributed by atoms with van der Waals surface area (Å²) < 4.78 is 16.6. The van der Waals surface area contributed by atoms with Gasteiger partial charge in [0.25, 0.3) is 0 Å². The van der Waals surface area contributed by atoms with Crippen LogP contribution in [0.2, 0.25) is 0 Å². The fourth-order valence-corrected chi connectivity index (χ4v) is 5.25. The summed E-state index contributed by atoms with van der Waals surface area (Å²) in [6.07, 6.45) is 2.53. The first-order chi connectivity index (χ1) is 22.2. The lowest BCUT2D eigenvalue weighted by Gasteiger charge is -2.25. The Hall–Kier alpha value is -5.48. The monoisotopic (exact) mass is 624 g/mol. The average Bonchev–Trinajstić information content (AvgIpc) is 3.06. The number of carbonyl (C=O) groups excluding carboxylic acids is 2. The Morgan fingerprint density at radius 3 is 1.98 bits per heavy atom. The quantitative estimate of drug-likeness (QED) is 0.218. The van der Waals surface area contributed by atoms with Gasteiger partial charge in [-0.25, -0.2) is 0 Å². The molecule has 7 rings (SSSR count). The Kier molecular flexibility index (Phi) is 10.1. The van der Waals surface area contributed by atoms with E-state index in [0.29, 0.717) is 36.4 Å². The summed E-state index contributed by atoms with van der Waals surface area (Å²) in [5, 5.41) is 38.7. The predicted octanol–water partition coefficient (Wildman–Crippen LogP) is 4.77. The van der Waals surface area contributed by atoms with Gasteiger partial charge in [-0.1, -0.05) is 30.3 Å². The smallest absolute Gasteiger partial charge is 0.244 e. The van der Waals surface area contributed by atoms with E-state index < -0.39 is 17.9 Å². The van der Waals surface area contributed by atoms with Gasteiger partial charge in [0.2, 0.25) is 11.8 Å². The van der Waals surface area contributed by atoms with E-state index in [0.717, 1.165) is 11.1 Å². The normalized spacial score (nSPS) is 16.9. The van der Waals surface area contributed by atoms with E-state index >= 15 is 0 Å². The first-order valence-corrected chi connectivity index (χ1v) is 14.8. The Balaban J connectivity index is 1.52. The molecule has 0 aromatic heterocycles. The van der Waals surface area contributed by atoms with Crippen LogP contribution in [0.1, 0.15) is 39.8 Å². The number of aliphatic hydroxyl groups is 1. The maximum atomic E-state index is 13.8. The first kappa shape index (κ1) is 31.9. The van der Waals surface area contributed by atoms with E-state index in [2.05, 4.69) is 10.6 Å². The van der Waals surface area contributed by atoms with Crippen molar-refractivity contribution >= 4 is 17.9 Å². The van der Waals surface area contributed by atoms with Gasteiger partial charge in [0.1, 0.15) is 11.5 Å². The highest BCUT2D eigenvalue weighted by Gasteiger charge is 2.34. The molecule has 0 radical (unpaired) electrons. The highest BCUT2D eigenvalue weighted by atomic mass is 16.5. The van der Waals surface area contributed by atoms with Crippen molar-refractivity contribution in [2.45, 2.75) is 24.9 Å². The van der Waals surface area contributed by atoms with Crippen molar-refractivity contribution in [3.05, 3.63) is 113 Å². The lowest BCUT2D eigenvalue weighted by molar-refractivity contribution is -0.125. The van der Waals surface area contributed by atoms with E-state index in [1.54, 1.807) is 0 Å². The number of phenolic OH excluding ortho intramolecular Hbond substituents is 2. The number of benzene rings is 4. The number of ether oxygens (including phenoxy) is 3. The molecule has 0 fully saturated rings. The second-order valence-electron chi connectivity index (χ2n) is 10.8. The topological polar surface area (TPSA) is 147 Å². The minimum Gasteiger partial charge on any atom is -0.504 e. The summed E-state index contributed by atoms with van der Waals surface area (Å²) in [7, 11) is 2.75. The molecule has 0 aliphatic carbocycles. The molecule has 5 N–H and O–H groups in total. The summed E-state index contributed by atoms with van der Waals surface area (Å²) in [6.45, 7) is 0.639. The van der Waals surface area contributed by atoms with Crippen LogP contribution in [0.15, 0.2) is 84.9 Å². The molecule has 2 atom stereocenters. The van der Waals surface area contributed by atoms with E-state index in [1.165, 1.54) is 56.7 Å². The fraction of sp³-hybridized carbons (Fsp3) is 0.222. The molecule has 46 heavy (non-hydrogen) atoms. The molecule has 0 saturated carbocycles. The van der Waals surface area contributed by atoms with Gasteiger partial charge in [-0.15, -0.1) is 0 Å². The largest absolute Gasteiger partial charge is 0.504 e. The van der Waals surface area contributed by atoms with Crippen LogP contribution in [0.3, 0.4) is 0 Å². The van der Waals surface area contributed by atoms with Crippen molar-refractivity contribution < 1.29 is 39.1 Å². The maximum Gasteiger partial charge on any atom is 0.244 e. The Labute approximate surface area is 266 Å². The predicted molar refractivity (Wildman–Crippen MR) is 172 cm³/mol. The summed E-state index contributed by atoms with van der Waals surface area (Å²) in [5.74, 6) is -1.15. The molecule has 6 bridgehead atoms. The zero-order valence-electron chi connectivity index (χ0n) is 25.5. The highest BCUT2D eigenvalue weighted by molar-refractivity contribution is 5.92. The molecule has 2 unspecified atom stereocenters. The number of phenols is 2. The number of aliphatic hydroxyl groups excluding tert-OH is 1. The van der Waals surface area contributed by atoms with Crippen molar-refractivity contribution in [1.29, 1.82) is 0 Å². The van der Waals surface area contributed by atoms with E-state index in [9.17, 15) is 24.9 Å². The number of fused-ring (bicyclic) bond motifs is 2. The van der Waals surface area contributed by atoms with Crippen LogP contribution in [0.4, 0.5) is 0 Å². The van der Waals surface area contributed by atoms with E-state index in [1.807, 2.05) is 48.5 Å². The molecule has 3 aliphatic rings. The van der Waals surface area contributed by atoms with Crippen molar-refractivity contribution in [2.24, 2.45) is 0 Å². The number of methoxy groups -OCH3 is 2. The van der Waals surface area contributed by atoms with Gasteiger partial charge in [0.15, 0.2) is 23.0 Å². The van der Waals surface area contributed by atoms with Crippen LogP contribution in [0.5, 0.6) is 34.5 Å². The van der Waals surface area contributed by atoms with Crippen LogP contribution in [0, 0.1) is 0 Å². The molecule has 10 nitrogen and oxygen atoms in total. The van der Waals surface area contributed by atoms with Crippen molar-refractivity contribution in [3.63, 3.8) is 0 Å². The van der Waals surface area contributed by atoms with Gasteiger partial charge in [0.05, 0.1) is 26.2 Å². The third-order valence-corrected chi connectivity index (χ3v) is 7.76. The van der Waals surface area contributed by atoms with Crippen LogP contribution >= 0.6 is 0 Å². The summed E-state index contributed by atoms with van der Waals surface area (Å²) in [5.41, 5.74) is 2.80. The number of rotatable bonds is 4. The van der Waals surface area contributed by atoms with Gasteiger partial charge < -0.3 is 40.2 Å². The van der Waals surface area contributed by atoms with Crippen LogP contribution < -0.4 is 24.8 Å². The molecule has 10 heteroatoms. The third-order valence-electron chi connectivity index (χ3n) is 7.76. The summed E-state index contributed by atoms with van der Waals surface area (Å²) >= 11 is 0. The standard InChI is InChI=1S/C36H36N2O8/c1-44-30-21-25(8-13-29(30)39)34(41)33-28-19-24(20-31(45-2)35(28)42)7-14-32(40)37-17-15-22-3-9-26(10-4-22)46-27-11-5-23(6-12-27)16-18-38-36(33)43/h3-14,19-21,33-34,39,41-42H,15-18H2,1-2H3,(H,37,40)(H,38,43)/b14-7-. The molecule has 238 valence electrons. The average molecular weight is 625 g/mol. The minimum atomic E-state index is -1.47. The molecule has 2 amide bonds. The molecule has 4 aromatic rings. The van der Waals surface area contributed by atoms with Gasteiger partial charge in [-0.3, -0.25) is 9.59 Å². The number of aromatic hydroxyl groups is 2. The Morgan fingerprint density at radius 2 is 1.37 bits per heavy atom. The maximum absolute atomic E-state index is 13.8. The molecule has 3 heterocycles. The zero-order valence-corrected chi connectivity index (χ0v) is 25.5. The van der Waals surface area contributed by atoms with Gasteiger partial charge >= 0.3 is 0 Å². The second kappa shape index (κ2) is 14.5. The summed E-state index contributed by atoms with van der Waals surface area (Å²) in [4.78, 5) is 26.5. The minimum absolute atomic E-state index is 0.0575. The van der Waals surface area contributed by atoms with Gasteiger partial charge in [0, 0.05) is 24.7 Å². The van der Waals surface area contributed by atoms with Crippen LogP contribution in [0.25, 0.3) is 6.08 Å².